The summed E-state index contributed by atoms with van der Waals surface area (Å²) in [7, 11) is -0.838. The van der Waals surface area contributed by atoms with Crippen molar-refractivity contribution in [1.29, 1.82) is 0 Å². The van der Waals surface area contributed by atoms with E-state index >= 15 is 0 Å². The van der Waals surface area contributed by atoms with E-state index in [2.05, 4.69) is 43.8 Å². The fraction of sp³-hybridized carbons (Fsp3) is 0.429. The number of benzene rings is 1. The number of allylic oxidation sites excluding steroid dienone is 1. The molecule has 0 aromatic heterocycles. The average molecular weight is 234 g/mol. The van der Waals surface area contributed by atoms with Gasteiger partial charge in [0.05, 0.1) is 8.80 Å². The summed E-state index contributed by atoms with van der Waals surface area (Å²) in [5.41, 5.74) is 0. The van der Waals surface area contributed by atoms with Crippen LogP contribution in [0.3, 0.4) is 0 Å². The zero-order valence-electron chi connectivity index (χ0n) is 10.2. The van der Waals surface area contributed by atoms with Crippen LogP contribution < -0.4 is 5.19 Å². The molecule has 1 nitrogen and oxygen atoms in total. The van der Waals surface area contributed by atoms with Gasteiger partial charge in [-0.3, -0.25) is 0 Å². The molecule has 0 aliphatic carbocycles. The minimum atomic E-state index is -0.838. The third-order valence-electron chi connectivity index (χ3n) is 2.81. The normalized spacial score (nSPS) is 12.3. The Morgan fingerprint density at radius 1 is 1.25 bits per heavy atom. The maximum atomic E-state index is 5.47. The van der Waals surface area contributed by atoms with E-state index in [0.717, 1.165) is 19.6 Å². The fourth-order valence-electron chi connectivity index (χ4n) is 1.89. The van der Waals surface area contributed by atoms with Crippen LogP contribution in [0.4, 0.5) is 0 Å². The summed E-state index contributed by atoms with van der Waals surface area (Å²) in [6.07, 6.45) is 3.17. The molecule has 1 aromatic rings. The molecule has 1 rings (SSSR count). The smallest absolute Gasteiger partial charge is 0.0733 e. The molecule has 1 aromatic carbocycles. The molecule has 0 bridgehead atoms. The predicted molar refractivity (Wildman–Crippen MR) is 74.1 cm³/mol. The zero-order valence-corrected chi connectivity index (χ0v) is 11.3. The van der Waals surface area contributed by atoms with E-state index in [1.165, 1.54) is 12.1 Å². The van der Waals surface area contributed by atoms with Gasteiger partial charge in [-0.15, -0.1) is 6.58 Å². The highest BCUT2D eigenvalue weighted by molar-refractivity contribution is 6.73. The van der Waals surface area contributed by atoms with Gasteiger partial charge >= 0.3 is 0 Å². The Morgan fingerprint density at radius 3 is 2.62 bits per heavy atom. The molecule has 0 aliphatic heterocycles. The SMILES string of the molecule is C=CCC[SiH](CCOCC)c1ccccc1. The highest BCUT2D eigenvalue weighted by atomic mass is 28.3. The van der Waals surface area contributed by atoms with Gasteiger partial charge in [0.25, 0.3) is 0 Å². The van der Waals surface area contributed by atoms with Gasteiger partial charge in [0.1, 0.15) is 0 Å². The predicted octanol–water partition coefficient (Wildman–Crippen LogP) is 2.73. The van der Waals surface area contributed by atoms with Crippen LogP contribution in [0.25, 0.3) is 0 Å². The van der Waals surface area contributed by atoms with Crippen molar-refractivity contribution in [2.24, 2.45) is 0 Å². The third-order valence-corrected chi connectivity index (χ3v) is 6.10. The van der Waals surface area contributed by atoms with E-state index < -0.39 is 8.80 Å². The van der Waals surface area contributed by atoms with Crippen molar-refractivity contribution in [3.8, 4) is 0 Å². The minimum absolute atomic E-state index is 0.831. The maximum absolute atomic E-state index is 5.47. The topological polar surface area (TPSA) is 9.23 Å². The second kappa shape index (κ2) is 8.31. The zero-order chi connectivity index (χ0) is 11.6. The first kappa shape index (κ1) is 13.2. The van der Waals surface area contributed by atoms with E-state index in [1.807, 2.05) is 6.08 Å². The second-order valence-corrected chi connectivity index (χ2v) is 7.17. The van der Waals surface area contributed by atoms with Crippen molar-refractivity contribution in [3.05, 3.63) is 43.0 Å². The Hall–Kier alpha value is -0.863. The summed E-state index contributed by atoms with van der Waals surface area (Å²) < 4.78 is 5.47. The molecule has 0 saturated carbocycles. The van der Waals surface area contributed by atoms with Crippen molar-refractivity contribution < 1.29 is 4.74 Å². The molecular weight excluding hydrogens is 212 g/mol. The molecule has 0 radical (unpaired) electrons. The van der Waals surface area contributed by atoms with Crippen LogP contribution in [-0.4, -0.2) is 22.0 Å². The molecule has 0 N–H and O–H groups in total. The summed E-state index contributed by atoms with van der Waals surface area (Å²) in [6, 6.07) is 13.5. The van der Waals surface area contributed by atoms with Gasteiger partial charge in [-0.1, -0.05) is 47.6 Å². The molecule has 0 amide bonds. The summed E-state index contributed by atoms with van der Waals surface area (Å²) in [5.74, 6) is 0. The van der Waals surface area contributed by atoms with Gasteiger partial charge in [-0.2, -0.15) is 0 Å². The molecule has 2 heteroatoms. The van der Waals surface area contributed by atoms with Crippen LogP contribution in [0, 0.1) is 0 Å². The fourth-order valence-corrected chi connectivity index (χ4v) is 4.70. The van der Waals surface area contributed by atoms with Gasteiger partial charge in [-0.05, 0) is 19.4 Å². The van der Waals surface area contributed by atoms with Gasteiger partial charge < -0.3 is 4.74 Å². The van der Waals surface area contributed by atoms with E-state index in [9.17, 15) is 0 Å². The van der Waals surface area contributed by atoms with Crippen molar-refractivity contribution in [1.82, 2.24) is 0 Å². The van der Waals surface area contributed by atoms with Crippen molar-refractivity contribution in [2.45, 2.75) is 25.4 Å². The first-order valence-electron chi connectivity index (χ1n) is 6.12. The van der Waals surface area contributed by atoms with Crippen LogP contribution in [0.2, 0.25) is 12.1 Å². The summed E-state index contributed by atoms with van der Waals surface area (Å²) >= 11 is 0. The van der Waals surface area contributed by atoms with E-state index in [-0.39, 0.29) is 0 Å². The Kier molecular flexibility index (Phi) is 6.86. The van der Waals surface area contributed by atoms with Crippen molar-refractivity contribution in [3.63, 3.8) is 0 Å². The van der Waals surface area contributed by atoms with E-state index in [0.29, 0.717) is 0 Å². The highest BCUT2D eigenvalue weighted by Gasteiger charge is 2.11. The first-order valence-corrected chi connectivity index (χ1v) is 8.33. The van der Waals surface area contributed by atoms with Crippen molar-refractivity contribution >= 4 is 14.0 Å². The van der Waals surface area contributed by atoms with Crippen molar-refractivity contribution in [2.75, 3.05) is 13.2 Å². The average Bonchev–Trinajstić information content (AvgIpc) is 2.35. The number of hydrogen-bond acceptors (Lipinski definition) is 1. The minimum Gasteiger partial charge on any atom is -0.382 e. The first-order chi connectivity index (χ1) is 7.88. The lowest BCUT2D eigenvalue weighted by Gasteiger charge is -2.14. The molecule has 88 valence electrons. The largest absolute Gasteiger partial charge is 0.382 e. The maximum Gasteiger partial charge on any atom is 0.0733 e. The Labute approximate surface area is 101 Å². The highest BCUT2D eigenvalue weighted by Crippen LogP contribution is 2.05. The van der Waals surface area contributed by atoms with Gasteiger partial charge in [0.2, 0.25) is 0 Å². The lowest BCUT2D eigenvalue weighted by Crippen LogP contribution is -2.30. The number of rotatable bonds is 8. The summed E-state index contributed by atoms with van der Waals surface area (Å²) in [5, 5.41) is 1.56. The molecule has 1 atom stereocenters. The molecule has 0 fully saturated rings. The van der Waals surface area contributed by atoms with E-state index in [4.69, 9.17) is 4.74 Å². The number of hydrogen-bond donors (Lipinski definition) is 0. The quantitative estimate of drug-likeness (QED) is 0.382. The van der Waals surface area contributed by atoms with Gasteiger partial charge in [0, 0.05) is 13.2 Å². The van der Waals surface area contributed by atoms with Gasteiger partial charge in [0.15, 0.2) is 0 Å². The number of ether oxygens (including phenoxy) is 1. The van der Waals surface area contributed by atoms with Crippen LogP contribution >= 0.6 is 0 Å². The Morgan fingerprint density at radius 2 is 2.00 bits per heavy atom. The Balaban J connectivity index is 2.52. The van der Waals surface area contributed by atoms with Gasteiger partial charge in [-0.25, -0.2) is 0 Å². The molecule has 0 spiro atoms. The molecule has 0 aliphatic rings. The summed E-state index contributed by atoms with van der Waals surface area (Å²) in [4.78, 5) is 0. The molecule has 1 unspecified atom stereocenters. The molecule has 0 saturated heterocycles. The van der Waals surface area contributed by atoms with Crippen LogP contribution in [0.1, 0.15) is 13.3 Å². The van der Waals surface area contributed by atoms with Crippen LogP contribution in [0.5, 0.6) is 0 Å². The lowest BCUT2D eigenvalue weighted by molar-refractivity contribution is 0.161. The summed E-state index contributed by atoms with van der Waals surface area (Å²) in [6.45, 7) is 7.62. The molecular formula is C14H22OSi. The molecule has 16 heavy (non-hydrogen) atoms. The van der Waals surface area contributed by atoms with E-state index in [1.54, 1.807) is 5.19 Å². The Bertz CT molecular complexity index is 284. The lowest BCUT2D eigenvalue weighted by atomic mass is 10.4. The monoisotopic (exact) mass is 234 g/mol. The molecule has 0 heterocycles. The van der Waals surface area contributed by atoms with Crippen LogP contribution in [-0.2, 0) is 4.74 Å². The third kappa shape index (κ3) is 4.77. The van der Waals surface area contributed by atoms with Crippen LogP contribution in [0.15, 0.2) is 43.0 Å². The standard InChI is InChI=1S/C14H22OSi/c1-3-5-12-16(13-11-15-4-2)14-9-7-6-8-10-14/h3,6-10,16H,1,4-5,11-13H2,2H3. The second-order valence-electron chi connectivity index (χ2n) is 3.96.